The number of rotatable bonds is 9. The summed E-state index contributed by atoms with van der Waals surface area (Å²) in [6, 6.07) is 7.94. The van der Waals surface area contributed by atoms with Gasteiger partial charge in [-0.1, -0.05) is 31.2 Å². The average molecular weight is 386 g/mol. The fraction of sp³-hybridized carbons (Fsp3) is 0.476. The van der Waals surface area contributed by atoms with E-state index in [0.717, 1.165) is 11.1 Å². The van der Waals surface area contributed by atoms with Crippen molar-refractivity contribution in [2.45, 2.75) is 46.7 Å². The molecule has 0 aliphatic heterocycles. The highest BCUT2D eigenvalue weighted by atomic mass is 16.5. The molecule has 2 N–H and O–H groups in total. The van der Waals surface area contributed by atoms with Gasteiger partial charge in [-0.15, -0.1) is 0 Å². The molecule has 0 spiro atoms. The average Bonchev–Trinajstić information content (AvgIpc) is 3.14. The number of nitrogens with one attached hydrogen (secondary N) is 2. The second kappa shape index (κ2) is 9.50. The molecule has 0 aliphatic rings. The standard InChI is InChI=1S/C21H30N4O3/c1-6-28-13-16(3)19(26)24-18-12-25(14-23-18)21(4,5)20(27)22-11-17-10-8-7-9-15(17)2/h7-10,12,14,16H,6,11,13H2,1-5H3,(H,22,27)(H,24,26)/t16-/m0/s1. The molecule has 2 amide bonds. The normalized spacial score (nSPS) is 12.5. The molecule has 1 aromatic carbocycles. The molecule has 0 fully saturated rings. The van der Waals surface area contributed by atoms with Crippen molar-refractivity contribution in [2.24, 2.45) is 5.92 Å². The molecule has 0 saturated carbocycles. The van der Waals surface area contributed by atoms with Crippen LogP contribution in [0.1, 0.15) is 38.8 Å². The fourth-order valence-electron chi connectivity index (χ4n) is 2.63. The molecule has 0 bridgehead atoms. The second-order valence-corrected chi connectivity index (χ2v) is 7.38. The number of aryl methyl sites for hydroxylation is 1. The topological polar surface area (TPSA) is 85.2 Å². The number of benzene rings is 1. The second-order valence-electron chi connectivity index (χ2n) is 7.38. The highest BCUT2D eigenvalue weighted by Crippen LogP contribution is 2.19. The Morgan fingerprint density at radius 3 is 2.68 bits per heavy atom. The number of imidazole rings is 1. The Morgan fingerprint density at radius 2 is 2.00 bits per heavy atom. The van der Waals surface area contributed by atoms with Gasteiger partial charge in [0.25, 0.3) is 0 Å². The van der Waals surface area contributed by atoms with Crippen molar-refractivity contribution >= 4 is 17.6 Å². The molecule has 2 rings (SSSR count). The maximum atomic E-state index is 12.7. The lowest BCUT2D eigenvalue weighted by Crippen LogP contribution is -2.43. The Labute approximate surface area is 166 Å². The predicted octanol–water partition coefficient (Wildman–Crippen LogP) is 2.85. The SMILES string of the molecule is CCOC[C@H](C)C(=O)Nc1cn(C(C)(C)C(=O)NCc2ccccc2C)cn1. The van der Waals surface area contributed by atoms with Gasteiger partial charge in [-0.2, -0.15) is 0 Å². The molecule has 2 aromatic rings. The highest BCUT2D eigenvalue weighted by molar-refractivity contribution is 5.91. The van der Waals surface area contributed by atoms with Gasteiger partial charge in [-0.3, -0.25) is 9.59 Å². The zero-order valence-corrected chi connectivity index (χ0v) is 17.3. The van der Waals surface area contributed by atoms with Gasteiger partial charge in [0.1, 0.15) is 5.54 Å². The van der Waals surface area contributed by atoms with Gasteiger partial charge in [0.15, 0.2) is 5.82 Å². The summed E-state index contributed by atoms with van der Waals surface area (Å²) in [5.74, 6) is -0.167. The molecule has 0 radical (unpaired) electrons. The Bertz CT molecular complexity index is 813. The first-order valence-electron chi connectivity index (χ1n) is 9.51. The van der Waals surface area contributed by atoms with Gasteiger partial charge < -0.3 is 19.9 Å². The van der Waals surface area contributed by atoms with E-state index in [1.165, 1.54) is 0 Å². The molecule has 28 heavy (non-hydrogen) atoms. The molecule has 0 aliphatic carbocycles. The number of carbonyl (C=O) groups is 2. The summed E-state index contributed by atoms with van der Waals surface area (Å²) in [4.78, 5) is 29.1. The summed E-state index contributed by atoms with van der Waals surface area (Å²) in [5.41, 5.74) is 1.36. The van der Waals surface area contributed by atoms with Gasteiger partial charge in [0.2, 0.25) is 11.8 Å². The van der Waals surface area contributed by atoms with Crippen molar-refractivity contribution in [1.82, 2.24) is 14.9 Å². The number of nitrogens with zero attached hydrogens (tertiary/aromatic N) is 2. The number of ether oxygens (including phenoxy) is 1. The molecule has 152 valence electrons. The van der Waals surface area contributed by atoms with Gasteiger partial charge >= 0.3 is 0 Å². The molecule has 7 nitrogen and oxygen atoms in total. The van der Waals surface area contributed by atoms with Crippen LogP contribution in [0.3, 0.4) is 0 Å². The maximum Gasteiger partial charge on any atom is 0.245 e. The number of anilines is 1. The molecule has 1 atom stereocenters. The van der Waals surface area contributed by atoms with E-state index in [0.29, 0.717) is 25.6 Å². The van der Waals surface area contributed by atoms with Crippen molar-refractivity contribution in [3.05, 3.63) is 47.9 Å². The Balaban J connectivity index is 1.98. The summed E-state index contributed by atoms with van der Waals surface area (Å²) in [5, 5.41) is 5.74. The number of hydrogen-bond acceptors (Lipinski definition) is 4. The lowest BCUT2D eigenvalue weighted by Gasteiger charge is -2.25. The Kier molecular flexibility index (Phi) is 7.34. The van der Waals surface area contributed by atoms with Crippen LogP contribution in [0.25, 0.3) is 0 Å². The monoisotopic (exact) mass is 386 g/mol. The van der Waals surface area contributed by atoms with E-state index in [-0.39, 0.29) is 17.7 Å². The third kappa shape index (κ3) is 5.42. The van der Waals surface area contributed by atoms with E-state index in [1.807, 2.05) is 52.0 Å². The van der Waals surface area contributed by atoms with Crippen molar-refractivity contribution in [2.75, 3.05) is 18.5 Å². The van der Waals surface area contributed by atoms with Crippen molar-refractivity contribution < 1.29 is 14.3 Å². The molecular formula is C21H30N4O3. The summed E-state index contributed by atoms with van der Waals surface area (Å²) >= 11 is 0. The van der Waals surface area contributed by atoms with E-state index in [9.17, 15) is 9.59 Å². The predicted molar refractivity (Wildman–Crippen MR) is 109 cm³/mol. The van der Waals surface area contributed by atoms with Crippen molar-refractivity contribution in [3.63, 3.8) is 0 Å². The van der Waals surface area contributed by atoms with Crippen molar-refractivity contribution in [3.8, 4) is 0 Å². The molecular weight excluding hydrogens is 356 g/mol. The zero-order chi connectivity index (χ0) is 20.7. The lowest BCUT2D eigenvalue weighted by molar-refractivity contribution is -0.128. The summed E-state index contributed by atoms with van der Waals surface area (Å²) in [6.07, 6.45) is 3.22. The van der Waals surface area contributed by atoms with E-state index in [2.05, 4.69) is 15.6 Å². The molecule has 0 saturated heterocycles. The minimum atomic E-state index is -0.852. The van der Waals surface area contributed by atoms with Crippen LogP contribution in [-0.2, 0) is 26.4 Å². The quantitative estimate of drug-likeness (QED) is 0.694. The lowest BCUT2D eigenvalue weighted by atomic mass is 10.0. The van der Waals surface area contributed by atoms with Crippen LogP contribution in [-0.4, -0.2) is 34.6 Å². The number of aromatic nitrogens is 2. The van der Waals surface area contributed by atoms with Crippen LogP contribution in [0.15, 0.2) is 36.8 Å². The Morgan fingerprint density at radius 1 is 1.29 bits per heavy atom. The molecule has 0 unspecified atom stereocenters. The third-order valence-corrected chi connectivity index (χ3v) is 4.76. The molecule has 1 heterocycles. The summed E-state index contributed by atoms with van der Waals surface area (Å²) < 4.78 is 6.97. The van der Waals surface area contributed by atoms with Gasteiger partial charge in [-0.25, -0.2) is 4.98 Å². The maximum absolute atomic E-state index is 12.7. The number of hydrogen-bond donors (Lipinski definition) is 2. The van der Waals surface area contributed by atoms with Gasteiger partial charge in [0, 0.05) is 19.3 Å². The number of carbonyl (C=O) groups excluding carboxylic acids is 2. The first kappa shape index (κ1) is 21.6. The van der Waals surface area contributed by atoms with Crippen LogP contribution in [0.2, 0.25) is 0 Å². The molecule has 1 aromatic heterocycles. The van der Waals surface area contributed by atoms with Crippen LogP contribution in [0.5, 0.6) is 0 Å². The minimum absolute atomic E-state index is 0.129. The first-order valence-corrected chi connectivity index (χ1v) is 9.51. The molecule has 7 heteroatoms. The smallest absolute Gasteiger partial charge is 0.245 e. The first-order chi connectivity index (χ1) is 13.3. The van der Waals surface area contributed by atoms with Crippen LogP contribution >= 0.6 is 0 Å². The number of amides is 2. The summed E-state index contributed by atoms with van der Waals surface area (Å²) in [7, 11) is 0. The van der Waals surface area contributed by atoms with Gasteiger partial charge in [-0.05, 0) is 38.8 Å². The zero-order valence-electron chi connectivity index (χ0n) is 17.3. The fourth-order valence-corrected chi connectivity index (χ4v) is 2.63. The highest BCUT2D eigenvalue weighted by Gasteiger charge is 2.30. The van der Waals surface area contributed by atoms with E-state index in [4.69, 9.17) is 4.74 Å². The van der Waals surface area contributed by atoms with Crippen LogP contribution < -0.4 is 10.6 Å². The van der Waals surface area contributed by atoms with E-state index < -0.39 is 5.54 Å². The van der Waals surface area contributed by atoms with E-state index >= 15 is 0 Å². The third-order valence-electron chi connectivity index (χ3n) is 4.76. The van der Waals surface area contributed by atoms with Crippen LogP contribution in [0.4, 0.5) is 5.82 Å². The largest absolute Gasteiger partial charge is 0.381 e. The Hall–Kier alpha value is -2.67. The van der Waals surface area contributed by atoms with Gasteiger partial charge in [0.05, 0.1) is 18.9 Å². The summed E-state index contributed by atoms with van der Waals surface area (Å²) in [6.45, 7) is 10.7. The van der Waals surface area contributed by atoms with E-state index in [1.54, 1.807) is 24.0 Å². The van der Waals surface area contributed by atoms with Crippen molar-refractivity contribution in [1.29, 1.82) is 0 Å². The minimum Gasteiger partial charge on any atom is -0.381 e. The van der Waals surface area contributed by atoms with Crippen LogP contribution in [0, 0.1) is 12.8 Å².